The number of hydrogen-bond donors (Lipinski definition) is 0. The van der Waals surface area contributed by atoms with Gasteiger partial charge in [0.25, 0.3) is 0 Å². The van der Waals surface area contributed by atoms with E-state index in [1.807, 2.05) is 60.7 Å². The van der Waals surface area contributed by atoms with Crippen molar-refractivity contribution in [2.75, 3.05) is 0 Å². The predicted molar refractivity (Wildman–Crippen MR) is 93.0 cm³/mol. The lowest BCUT2D eigenvalue weighted by atomic mass is 10.00. The van der Waals surface area contributed by atoms with Crippen LogP contribution in [0.3, 0.4) is 0 Å². The van der Waals surface area contributed by atoms with Crippen molar-refractivity contribution in [3.8, 4) is 16.9 Å². The lowest BCUT2D eigenvalue weighted by Gasteiger charge is -2.11. The van der Waals surface area contributed by atoms with Gasteiger partial charge in [-0.15, -0.1) is 0 Å². The average molecular weight is 323 g/mol. The van der Waals surface area contributed by atoms with Crippen LogP contribution in [0.4, 0.5) is 0 Å². The molecule has 0 heterocycles. The number of ether oxygens (including phenoxy) is 1. The van der Waals surface area contributed by atoms with E-state index in [1.54, 1.807) is 12.1 Å². The van der Waals surface area contributed by atoms with Gasteiger partial charge in [-0.1, -0.05) is 60.1 Å². The van der Waals surface area contributed by atoms with Crippen LogP contribution >= 0.6 is 11.6 Å². The summed E-state index contributed by atoms with van der Waals surface area (Å²) in [5.41, 5.74) is 3.27. The molecule has 0 spiro atoms. The van der Waals surface area contributed by atoms with E-state index >= 15 is 0 Å². The van der Waals surface area contributed by atoms with Crippen LogP contribution < -0.4 is 4.74 Å². The van der Waals surface area contributed by atoms with E-state index in [9.17, 15) is 4.79 Å². The molecule has 3 aromatic carbocycles. The highest BCUT2D eigenvalue weighted by Crippen LogP contribution is 2.32. The monoisotopic (exact) mass is 322 g/mol. The highest BCUT2D eigenvalue weighted by atomic mass is 35.5. The second-order valence-corrected chi connectivity index (χ2v) is 5.53. The third-order valence-electron chi connectivity index (χ3n) is 3.56. The number of benzene rings is 3. The molecule has 3 aromatic rings. The zero-order valence-corrected chi connectivity index (χ0v) is 13.2. The fourth-order valence-electron chi connectivity index (χ4n) is 2.38. The SMILES string of the molecule is O=Cc1ccc(OCc2ccccc2)cc1-c1ccccc1Cl. The number of carbonyl (C=O) groups excluding carboxylic acids is 1. The Labute approximate surface area is 140 Å². The molecule has 0 aromatic heterocycles. The van der Waals surface area contributed by atoms with E-state index in [-0.39, 0.29) is 0 Å². The molecule has 0 saturated carbocycles. The van der Waals surface area contributed by atoms with Crippen LogP contribution in [0.25, 0.3) is 11.1 Å². The normalized spacial score (nSPS) is 10.3. The first-order valence-corrected chi connectivity index (χ1v) is 7.66. The lowest BCUT2D eigenvalue weighted by Crippen LogP contribution is -1.96. The van der Waals surface area contributed by atoms with Crippen molar-refractivity contribution in [3.05, 3.63) is 88.9 Å². The maximum Gasteiger partial charge on any atom is 0.150 e. The molecule has 3 heteroatoms. The molecule has 23 heavy (non-hydrogen) atoms. The van der Waals surface area contributed by atoms with Crippen LogP contribution in [0.5, 0.6) is 5.75 Å². The number of aldehydes is 1. The standard InChI is InChI=1S/C20H15ClO2/c21-20-9-5-4-8-18(20)19-12-17(11-10-16(19)13-22)23-14-15-6-2-1-3-7-15/h1-13H,14H2. The van der Waals surface area contributed by atoms with Crippen molar-refractivity contribution in [2.24, 2.45) is 0 Å². The van der Waals surface area contributed by atoms with Crippen molar-refractivity contribution < 1.29 is 9.53 Å². The molecule has 0 amide bonds. The van der Waals surface area contributed by atoms with Crippen molar-refractivity contribution in [2.45, 2.75) is 6.61 Å². The molecule has 0 atom stereocenters. The average Bonchev–Trinajstić information content (AvgIpc) is 2.61. The molecule has 0 radical (unpaired) electrons. The Bertz CT molecular complexity index is 813. The Morgan fingerprint density at radius 3 is 2.35 bits per heavy atom. The minimum absolute atomic E-state index is 0.475. The maximum atomic E-state index is 11.3. The molecular formula is C20H15ClO2. The highest BCUT2D eigenvalue weighted by Gasteiger charge is 2.10. The molecule has 2 nitrogen and oxygen atoms in total. The first-order valence-electron chi connectivity index (χ1n) is 7.29. The van der Waals surface area contributed by atoms with Crippen molar-refractivity contribution in [1.29, 1.82) is 0 Å². The van der Waals surface area contributed by atoms with E-state index in [2.05, 4.69) is 0 Å². The van der Waals surface area contributed by atoms with E-state index < -0.39 is 0 Å². The second kappa shape index (κ2) is 7.12. The molecule has 0 bridgehead atoms. The van der Waals surface area contributed by atoms with E-state index in [1.165, 1.54) is 0 Å². The van der Waals surface area contributed by atoms with Gasteiger partial charge in [-0.3, -0.25) is 4.79 Å². The Hall–Kier alpha value is -2.58. The summed E-state index contributed by atoms with van der Waals surface area (Å²) in [7, 11) is 0. The Morgan fingerprint density at radius 1 is 0.870 bits per heavy atom. The molecule has 0 aliphatic rings. The molecule has 0 aliphatic carbocycles. The summed E-state index contributed by atoms with van der Waals surface area (Å²) < 4.78 is 5.83. The highest BCUT2D eigenvalue weighted by molar-refractivity contribution is 6.33. The topological polar surface area (TPSA) is 26.3 Å². The zero-order chi connectivity index (χ0) is 16.1. The van der Waals surface area contributed by atoms with Gasteiger partial charge in [0.15, 0.2) is 6.29 Å². The third kappa shape index (κ3) is 3.61. The minimum atomic E-state index is 0.475. The molecule has 0 unspecified atom stereocenters. The van der Waals surface area contributed by atoms with Crippen LogP contribution in [0.1, 0.15) is 15.9 Å². The van der Waals surface area contributed by atoms with Crippen LogP contribution in [0, 0.1) is 0 Å². The lowest BCUT2D eigenvalue weighted by molar-refractivity contribution is 0.112. The van der Waals surface area contributed by atoms with Gasteiger partial charge in [0.05, 0.1) is 0 Å². The molecular weight excluding hydrogens is 308 g/mol. The molecule has 0 saturated heterocycles. The van der Waals surface area contributed by atoms with Gasteiger partial charge in [-0.05, 0) is 35.4 Å². The molecule has 0 N–H and O–H groups in total. The fourth-order valence-corrected chi connectivity index (χ4v) is 2.62. The molecule has 0 fully saturated rings. The number of rotatable bonds is 5. The van der Waals surface area contributed by atoms with E-state index in [0.29, 0.717) is 22.9 Å². The Balaban J connectivity index is 1.90. The Kier molecular flexibility index (Phi) is 4.74. The summed E-state index contributed by atoms with van der Waals surface area (Å²) in [6.45, 7) is 0.475. The van der Waals surface area contributed by atoms with Crippen molar-refractivity contribution in [3.63, 3.8) is 0 Å². The predicted octanol–water partition coefficient (Wildman–Crippen LogP) is 5.40. The van der Waals surface area contributed by atoms with Gasteiger partial charge in [0.1, 0.15) is 12.4 Å². The van der Waals surface area contributed by atoms with Crippen molar-refractivity contribution >= 4 is 17.9 Å². The Morgan fingerprint density at radius 2 is 1.61 bits per heavy atom. The van der Waals surface area contributed by atoms with Crippen LogP contribution in [0.2, 0.25) is 5.02 Å². The largest absolute Gasteiger partial charge is 0.489 e. The van der Waals surface area contributed by atoms with E-state index in [4.69, 9.17) is 16.3 Å². The quantitative estimate of drug-likeness (QED) is 0.588. The summed E-state index contributed by atoms with van der Waals surface area (Å²) in [4.78, 5) is 11.3. The van der Waals surface area contributed by atoms with Gasteiger partial charge in [0.2, 0.25) is 0 Å². The zero-order valence-electron chi connectivity index (χ0n) is 12.4. The van der Waals surface area contributed by atoms with Crippen LogP contribution in [-0.4, -0.2) is 6.29 Å². The van der Waals surface area contributed by atoms with Crippen LogP contribution in [0.15, 0.2) is 72.8 Å². The fraction of sp³-hybridized carbons (Fsp3) is 0.0500. The summed E-state index contributed by atoms with van der Waals surface area (Å²) in [6.07, 6.45) is 0.833. The summed E-state index contributed by atoms with van der Waals surface area (Å²) in [5, 5.41) is 0.607. The van der Waals surface area contributed by atoms with E-state index in [0.717, 1.165) is 23.0 Å². The van der Waals surface area contributed by atoms with Gasteiger partial charge in [-0.25, -0.2) is 0 Å². The summed E-state index contributed by atoms with van der Waals surface area (Å²) in [5.74, 6) is 0.703. The van der Waals surface area contributed by atoms with Gasteiger partial charge < -0.3 is 4.74 Å². The first kappa shape index (κ1) is 15.3. The maximum absolute atomic E-state index is 11.3. The summed E-state index contributed by atoms with van der Waals surface area (Å²) >= 11 is 6.26. The second-order valence-electron chi connectivity index (χ2n) is 5.12. The first-order chi connectivity index (χ1) is 11.3. The molecule has 3 rings (SSSR count). The van der Waals surface area contributed by atoms with Gasteiger partial charge in [0, 0.05) is 16.1 Å². The van der Waals surface area contributed by atoms with Gasteiger partial charge in [-0.2, -0.15) is 0 Å². The molecule has 114 valence electrons. The molecule has 0 aliphatic heterocycles. The number of carbonyl (C=O) groups is 1. The number of halogens is 1. The summed E-state index contributed by atoms with van der Waals surface area (Å²) in [6, 6.07) is 22.8. The third-order valence-corrected chi connectivity index (χ3v) is 3.89. The van der Waals surface area contributed by atoms with Crippen LogP contribution in [-0.2, 0) is 6.61 Å². The van der Waals surface area contributed by atoms with Gasteiger partial charge >= 0.3 is 0 Å². The smallest absolute Gasteiger partial charge is 0.150 e. The number of hydrogen-bond acceptors (Lipinski definition) is 2. The minimum Gasteiger partial charge on any atom is -0.489 e. The van der Waals surface area contributed by atoms with Crippen molar-refractivity contribution in [1.82, 2.24) is 0 Å².